The van der Waals surface area contributed by atoms with Gasteiger partial charge in [-0.15, -0.1) is 0 Å². The van der Waals surface area contributed by atoms with Crippen LogP contribution in [0.5, 0.6) is 0 Å². The third-order valence-electron chi connectivity index (χ3n) is 4.48. The number of hydrogen-bond acceptors (Lipinski definition) is 3. The highest BCUT2D eigenvalue weighted by atomic mass is 35.5. The third-order valence-corrected chi connectivity index (χ3v) is 4.71. The summed E-state index contributed by atoms with van der Waals surface area (Å²) in [5, 5.41) is 4.04. The normalized spacial score (nSPS) is 10.8. The molecule has 0 bridgehead atoms. The number of benzene rings is 3. The lowest BCUT2D eigenvalue weighted by Gasteiger charge is -2.10. The van der Waals surface area contributed by atoms with Crippen LogP contribution in [0.4, 0.5) is 5.69 Å². The number of rotatable bonds is 4. The Balaban J connectivity index is 1.68. The topological polar surface area (TPSA) is 59.3 Å². The number of carbonyl (C=O) groups excluding carboxylic acids is 2. The smallest absolute Gasteiger partial charge is 0.291 e. The van der Waals surface area contributed by atoms with Crippen LogP contribution in [0.15, 0.2) is 77.2 Å². The van der Waals surface area contributed by atoms with Gasteiger partial charge in [0, 0.05) is 21.5 Å². The molecular weight excluding hydrogens is 374 g/mol. The molecule has 5 heteroatoms. The summed E-state index contributed by atoms with van der Waals surface area (Å²) in [6.07, 6.45) is 0. The Hall–Kier alpha value is -3.37. The number of ketones is 1. The zero-order chi connectivity index (χ0) is 19.7. The predicted octanol–water partition coefficient (Wildman–Crippen LogP) is 5.88. The Morgan fingerprint density at radius 3 is 2.46 bits per heavy atom. The first-order valence-electron chi connectivity index (χ1n) is 8.73. The predicted molar refractivity (Wildman–Crippen MR) is 110 cm³/mol. The van der Waals surface area contributed by atoms with E-state index in [0.29, 0.717) is 27.4 Å². The average Bonchev–Trinajstić information content (AvgIpc) is 3.15. The zero-order valence-corrected chi connectivity index (χ0v) is 15.8. The van der Waals surface area contributed by atoms with E-state index >= 15 is 0 Å². The van der Waals surface area contributed by atoms with E-state index in [0.717, 1.165) is 10.9 Å². The molecule has 4 rings (SSSR count). The van der Waals surface area contributed by atoms with Crippen molar-refractivity contribution in [1.29, 1.82) is 0 Å². The number of halogens is 1. The quantitative estimate of drug-likeness (QED) is 0.443. The standard InChI is InChI=1S/C23H16ClNO3/c1-14-6-5-9-16-12-20(28-22(14)16)23(27)25-19-11-10-17(24)13-18(19)21(26)15-7-3-2-4-8-15/h2-13H,1H3,(H,25,27). The van der Waals surface area contributed by atoms with Gasteiger partial charge in [-0.2, -0.15) is 0 Å². The second-order valence-electron chi connectivity index (χ2n) is 6.44. The van der Waals surface area contributed by atoms with Gasteiger partial charge in [0.2, 0.25) is 0 Å². The van der Waals surface area contributed by atoms with Crippen molar-refractivity contribution in [3.05, 3.63) is 100 Å². The Labute approximate surface area is 166 Å². The van der Waals surface area contributed by atoms with Crippen LogP contribution < -0.4 is 5.32 Å². The molecule has 0 unspecified atom stereocenters. The summed E-state index contributed by atoms with van der Waals surface area (Å²) in [4.78, 5) is 25.6. The molecule has 138 valence electrons. The van der Waals surface area contributed by atoms with Crippen molar-refractivity contribution in [2.75, 3.05) is 5.32 Å². The highest BCUT2D eigenvalue weighted by molar-refractivity contribution is 6.31. The first-order valence-corrected chi connectivity index (χ1v) is 9.10. The molecule has 1 heterocycles. The van der Waals surface area contributed by atoms with Crippen molar-refractivity contribution in [2.45, 2.75) is 6.92 Å². The molecule has 0 spiro atoms. The number of nitrogens with one attached hydrogen (secondary N) is 1. The van der Waals surface area contributed by atoms with Crippen LogP contribution in [-0.2, 0) is 0 Å². The Morgan fingerprint density at radius 2 is 1.71 bits per heavy atom. The van der Waals surface area contributed by atoms with Crippen LogP contribution in [0.25, 0.3) is 11.0 Å². The maximum Gasteiger partial charge on any atom is 0.291 e. The van der Waals surface area contributed by atoms with Crippen molar-refractivity contribution in [3.63, 3.8) is 0 Å². The minimum atomic E-state index is -0.431. The minimum absolute atomic E-state index is 0.178. The minimum Gasteiger partial charge on any atom is -0.451 e. The zero-order valence-electron chi connectivity index (χ0n) is 15.0. The fourth-order valence-electron chi connectivity index (χ4n) is 3.06. The maximum atomic E-state index is 12.9. The lowest BCUT2D eigenvalue weighted by Crippen LogP contribution is -2.14. The molecule has 1 aromatic heterocycles. The number of amides is 1. The van der Waals surface area contributed by atoms with Crippen LogP contribution in [-0.4, -0.2) is 11.7 Å². The largest absolute Gasteiger partial charge is 0.451 e. The Morgan fingerprint density at radius 1 is 0.929 bits per heavy atom. The Kier molecular flexibility index (Phi) is 4.72. The number of para-hydroxylation sites is 1. The van der Waals surface area contributed by atoms with Gasteiger partial charge in [0.05, 0.1) is 5.69 Å². The molecule has 0 aliphatic rings. The van der Waals surface area contributed by atoms with Crippen LogP contribution in [0.1, 0.15) is 32.0 Å². The van der Waals surface area contributed by atoms with Gasteiger partial charge in [0.15, 0.2) is 11.5 Å². The number of aryl methyl sites for hydroxylation is 1. The van der Waals surface area contributed by atoms with Gasteiger partial charge in [-0.3, -0.25) is 9.59 Å². The van der Waals surface area contributed by atoms with Gasteiger partial charge < -0.3 is 9.73 Å². The molecule has 0 aliphatic heterocycles. The summed E-state index contributed by atoms with van der Waals surface area (Å²) in [7, 11) is 0. The van der Waals surface area contributed by atoms with E-state index in [1.165, 1.54) is 0 Å². The summed E-state index contributed by atoms with van der Waals surface area (Å²) >= 11 is 6.09. The van der Waals surface area contributed by atoms with Gasteiger partial charge >= 0.3 is 0 Å². The van der Waals surface area contributed by atoms with E-state index in [1.807, 2.05) is 31.2 Å². The number of anilines is 1. The van der Waals surface area contributed by atoms with Crippen molar-refractivity contribution >= 4 is 39.9 Å². The van der Waals surface area contributed by atoms with E-state index in [4.69, 9.17) is 16.0 Å². The summed E-state index contributed by atoms with van der Waals surface area (Å²) in [5.74, 6) is -0.476. The van der Waals surface area contributed by atoms with E-state index in [2.05, 4.69) is 5.32 Å². The van der Waals surface area contributed by atoms with Crippen LogP contribution >= 0.6 is 11.6 Å². The monoisotopic (exact) mass is 389 g/mol. The van der Waals surface area contributed by atoms with E-state index in [9.17, 15) is 9.59 Å². The number of furan rings is 1. The maximum absolute atomic E-state index is 12.9. The molecule has 1 N–H and O–H groups in total. The molecule has 0 aliphatic carbocycles. The molecule has 4 aromatic rings. The Bertz CT molecular complexity index is 1200. The molecule has 0 radical (unpaired) electrons. The van der Waals surface area contributed by atoms with Gasteiger partial charge in [0.25, 0.3) is 5.91 Å². The number of hydrogen-bond donors (Lipinski definition) is 1. The van der Waals surface area contributed by atoms with Gasteiger partial charge in [-0.1, -0.05) is 60.1 Å². The van der Waals surface area contributed by atoms with Crippen LogP contribution in [0.3, 0.4) is 0 Å². The second-order valence-corrected chi connectivity index (χ2v) is 6.88. The second kappa shape index (κ2) is 7.33. The summed E-state index contributed by atoms with van der Waals surface area (Å²) in [5.41, 5.74) is 2.83. The third kappa shape index (κ3) is 3.42. The lowest BCUT2D eigenvalue weighted by atomic mass is 10.0. The van der Waals surface area contributed by atoms with Crippen LogP contribution in [0.2, 0.25) is 5.02 Å². The molecule has 0 fully saturated rings. The van der Waals surface area contributed by atoms with Crippen molar-refractivity contribution < 1.29 is 14.0 Å². The summed E-state index contributed by atoms with van der Waals surface area (Å²) in [6.45, 7) is 1.92. The summed E-state index contributed by atoms with van der Waals surface area (Å²) < 4.78 is 5.72. The first kappa shape index (κ1) is 18.0. The highest BCUT2D eigenvalue weighted by Crippen LogP contribution is 2.26. The molecular formula is C23H16ClNO3. The van der Waals surface area contributed by atoms with Gasteiger partial charge in [-0.25, -0.2) is 0 Å². The van der Waals surface area contributed by atoms with E-state index < -0.39 is 5.91 Å². The van der Waals surface area contributed by atoms with Crippen molar-refractivity contribution in [2.24, 2.45) is 0 Å². The van der Waals surface area contributed by atoms with Crippen molar-refractivity contribution in [1.82, 2.24) is 0 Å². The molecule has 3 aromatic carbocycles. The fourth-order valence-corrected chi connectivity index (χ4v) is 3.24. The van der Waals surface area contributed by atoms with E-state index in [-0.39, 0.29) is 11.5 Å². The van der Waals surface area contributed by atoms with E-state index in [1.54, 1.807) is 48.5 Å². The highest BCUT2D eigenvalue weighted by Gasteiger charge is 2.19. The first-order chi connectivity index (χ1) is 13.5. The number of carbonyl (C=O) groups is 2. The molecule has 4 nitrogen and oxygen atoms in total. The molecule has 0 saturated carbocycles. The molecule has 0 atom stereocenters. The van der Waals surface area contributed by atoms with Gasteiger partial charge in [-0.05, 0) is 36.8 Å². The van der Waals surface area contributed by atoms with Crippen molar-refractivity contribution in [3.8, 4) is 0 Å². The molecule has 28 heavy (non-hydrogen) atoms. The van der Waals surface area contributed by atoms with Gasteiger partial charge in [0.1, 0.15) is 5.58 Å². The average molecular weight is 390 g/mol. The van der Waals surface area contributed by atoms with Crippen LogP contribution in [0, 0.1) is 6.92 Å². The molecule has 1 amide bonds. The lowest BCUT2D eigenvalue weighted by molar-refractivity contribution is 0.0998. The summed E-state index contributed by atoms with van der Waals surface area (Å²) in [6, 6.07) is 21.0. The molecule has 0 saturated heterocycles. The number of fused-ring (bicyclic) bond motifs is 1. The SMILES string of the molecule is Cc1cccc2cc(C(=O)Nc3ccc(Cl)cc3C(=O)c3ccccc3)oc12. The fraction of sp³-hybridized carbons (Fsp3) is 0.0435.